The van der Waals surface area contributed by atoms with E-state index >= 15 is 0 Å². The number of aromatic carboxylic acids is 1. The Kier molecular flexibility index (Phi) is 3.71. The van der Waals surface area contributed by atoms with Crippen molar-refractivity contribution in [1.29, 1.82) is 0 Å². The maximum absolute atomic E-state index is 11.0. The lowest BCUT2D eigenvalue weighted by Gasteiger charge is -2.11. The van der Waals surface area contributed by atoms with Crippen LogP contribution < -0.4 is 5.32 Å². The van der Waals surface area contributed by atoms with Crippen LogP contribution in [0.3, 0.4) is 0 Å². The van der Waals surface area contributed by atoms with E-state index in [9.17, 15) is 4.79 Å². The van der Waals surface area contributed by atoms with E-state index in [1.807, 2.05) is 0 Å². The molecule has 0 unspecified atom stereocenters. The van der Waals surface area contributed by atoms with E-state index in [2.05, 4.69) is 14.0 Å². The first kappa shape index (κ1) is 14.1. The van der Waals surface area contributed by atoms with Crippen LogP contribution in [0, 0.1) is 0 Å². The highest BCUT2D eigenvalue weighted by Gasteiger charge is 2.20. The predicted molar refractivity (Wildman–Crippen MR) is 81.0 cm³/mol. The van der Waals surface area contributed by atoms with Crippen LogP contribution in [0.4, 0.5) is 17.1 Å². The summed E-state index contributed by atoms with van der Waals surface area (Å²) < 4.78 is 13.4. The number of hydrogen-bond donors (Lipinski definition) is 2. The van der Waals surface area contributed by atoms with Crippen molar-refractivity contribution in [2.75, 3.05) is 5.32 Å². The van der Waals surface area contributed by atoms with Crippen LogP contribution in [0.1, 0.15) is 16.1 Å². The van der Waals surface area contributed by atoms with Crippen LogP contribution >= 0.6 is 23.2 Å². The van der Waals surface area contributed by atoms with Crippen molar-refractivity contribution in [2.24, 2.45) is 8.73 Å². The van der Waals surface area contributed by atoms with Gasteiger partial charge >= 0.3 is 5.97 Å². The third-order valence-corrected chi connectivity index (χ3v) is 3.96. The highest BCUT2D eigenvalue weighted by Crippen LogP contribution is 2.47. The second-order valence-corrected chi connectivity index (χ2v) is 5.44. The number of fused-ring (bicyclic) bond motifs is 1. The zero-order valence-corrected chi connectivity index (χ0v) is 12.6. The molecule has 6 nitrogen and oxygen atoms in total. The first-order chi connectivity index (χ1) is 10.1. The third kappa shape index (κ3) is 2.55. The number of furan rings is 1. The quantitative estimate of drug-likeness (QED) is 0.723. The van der Waals surface area contributed by atoms with Crippen molar-refractivity contribution < 1.29 is 14.3 Å². The van der Waals surface area contributed by atoms with Crippen LogP contribution in [0.15, 0.2) is 31.5 Å². The number of rotatable bonds is 4. The molecule has 1 aliphatic heterocycles. The van der Waals surface area contributed by atoms with E-state index < -0.39 is 5.97 Å². The molecule has 9 heteroatoms. The molecule has 0 saturated carbocycles. The molecule has 0 amide bonds. The summed E-state index contributed by atoms with van der Waals surface area (Å²) in [6.07, 6.45) is 1.32. The number of carbonyl (C=O) groups is 1. The van der Waals surface area contributed by atoms with Gasteiger partial charge in [-0.15, -0.1) is 0 Å². The standard InChI is InChI=1S/C12H7Cl2N3O3S/c13-6-3-7(14)10-11(17-21-16-10)9(6)15-4-8-5(12(18)19)1-2-20-8/h1-3,15H,4H2,(H,18,19). The molecule has 1 aromatic heterocycles. The molecule has 0 bridgehead atoms. The molecule has 0 saturated heterocycles. The normalized spacial score (nSPS) is 12.1. The minimum Gasteiger partial charge on any atom is -0.478 e. The number of halogens is 2. The highest BCUT2D eigenvalue weighted by molar-refractivity contribution is 7.58. The molecule has 1 aliphatic rings. The Labute approximate surface area is 132 Å². The minimum absolute atomic E-state index is 0.0974. The number of benzene rings is 1. The van der Waals surface area contributed by atoms with Crippen molar-refractivity contribution in [2.45, 2.75) is 6.54 Å². The van der Waals surface area contributed by atoms with E-state index in [1.165, 1.54) is 12.3 Å². The van der Waals surface area contributed by atoms with Gasteiger partial charge in [0.05, 0.1) is 39.9 Å². The molecule has 21 heavy (non-hydrogen) atoms. The molecule has 108 valence electrons. The summed E-state index contributed by atoms with van der Waals surface area (Å²) in [5.74, 6) is -0.756. The number of anilines is 1. The number of nitrogens with one attached hydrogen (secondary N) is 1. The zero-order valence-electron chi connectivity index (χ0n) is 10.3. The van der Waals surface area contributed by atoms with Gasteiger partial charge in [-0.1, -0.05) is 23.2 Å². The summed E-state index contributed by atoms with van der Waals surface area (Å²) in [5, 5.41) is 12.8. The topological polar surface area (TPSA) is 87.2 Å². The Morgan fingerprint density at radius 2 is 2.10 bits per heavy atom. The largest absolute Gasteiger partial charge is 0.478 e. The minimum atomic E-state index is -1.05. The van der Waals surface area contributed by atoms with Crippen molar-refractivity contribution in [3.8, 4) is 0 Å². The predicted octanol–water partition coefficient (Wildman–Crippen LogP) is 4.62. The molecule has 0 fully saturated rings. The van der Waals surface area contributed by atoms with E-state index in [1.54, 1.807) is 6.07 Å². The number of carboxylic acids is 1. The van der Waals surface area contributed by atoms with Gasteiger partial charge in [-0.2, -0.15) is 8.73 Å². The molecule has 0 radical (unpaired) electrons. The summed E-state index contributed by atoms with van der Waals surface area (Å²) in [6, 6.07) is 2.96. The van der Waals surface area contributed by atoms with Gasteiger partial charge in [-0.05, 0) is 12.1 Å². The Morgan fingerprint density at radius 3 is 2.86 bits per heavy atom. The molecule has 0 aliphatic carbocycles. The average Bonchev–Trinajstić information content (AvgIpc) is 3.06. The van der Waals surface area contributed by atoms with Crippen LogP contribution in [-0.4, -0.2) is 11.1 Å². The van der Waals surface area contributed by atoms with E-state index in [0.717, 1.165) is 11.4 Å². The fourth-order valence-corrected chi connectivity index (χ4v) is 3.06. The van der Waals surface area contributed by atoms with Gasteiger partial charge < -0.3 is 14.8 Å². The van der Waals surface area contributed by atoms with Crippen molar-refractivity contribution >= 4 is 57.6 Å². The first-order valence-corrected chi connectivity index (χ1v) is 7.20. The Bertz CT molecular complexity index is 812. The SMILES string of the molecule is O=C(O)c1ccoc1CNc1c(Cl)cc(Cl)c2c1N=S=N2. The smallest absolute Gasteiger partial charge is 0.339 e. The van der Waals surface area contributed by atoms with Gasteiger partial charge in [0.25, 0.3) is 0 Å². The number of nitrogens with zero attached hydrogens (tertiary/aromatic N) is 2. The van der Waals surface area contributed by atoms with E-state index in [4.69, 9.17) is 32.7 Å². The molecule has 1 aromatic carbocycles. The Morgan fingerprint density at radius 1 is 1.33 bits per heavy atom. The van der Waals surface area contributed by atoms with E-state index in [0.29, 0.717) is 32.9 Å². The Balaban J connectivity index is 1.90. The van der Waals surface area contributed by atoms with E-state index in [-0.39, 0.29) is 12.1 Å². The first-order valence-electron chi connectivity index (χ1n) is 5.71. The summed E-state index contributed by atoms with van der Waals surface area (Å²) >= 11 is 13.2. The maximum atomic E-state index is 11.0. The lowest BCUT2D eigenvalue weighted by molar-refractivity contribution is 0.0694. The Hall–Kier alpha value is -1.83. The average molecular weight is 344 g/mol. The summed E-state index contributed by atoms with van der Waals surface area (Å²) in [7, 11) is 0. The van der Waals surface area contributed by atoms with Crippen molar-refractivity contribution in [3.05, 3.63) is 39.8 Å². The fraction of sp³-hybridized carbons (Fsp3) is 0.0833. The molecular formula is C12H7Cl2N3O3S. The molecule has 2 heterocycles. The van der Waals surface area contributed by atoms with Gasteiger partial charge in [0.1, 0.15) is 22.7 Å². The van der Waals surface area contributed by atoms with Gasteiger partial charge in [-0.25, -0.2) is 4.79 Å². The lowest BCUT2D eigenvalue weighted by Crippen LogP contribution is -2.05. The highest BCUT2D eigenvalue weighted by atomic mass is 35.5. The van der Waals surface area contributed by atoms with Crippen LogP contribution in [0.5, 0.6) is 0 Å². The summed E-state index contributed by atoms with van der Waals surface area (Å²) in [4.78, 5) is 11.0. The molecule has 0 atom stereocenters. The van der Waals surface area contributed by atoms with Gasteiger partial charge in [0.2, 0.25) is 0 Å². The lowest BCUT2D eigenvalue weighted by atomic mass is 10.2. The van der Waals surface area contributed by atoms with Crippen molar-refractivity contribution in [1.82, 2.24) is 0 Å². The molecule has 0 spiro atoms. The third-order valence-electron chi connectivity index (χ3n) is 2.85. The monoisotopic (exact) mass is 343 g/mol. The van der Waals surface area contributed by atoms with Crippen LogP contribution in [0.2, 0.25) is 10.0 Å². The zero-order chi connectivity index (χ0) is 15.0. The van der Waals surface area contributed by atoms with Gasteiger partial charge in [0, 0.05) is 0 Å². The second-order valence-electron chi connectivity index (χ2n) is 4.09. The maximum Gasteiger partial charge on any atom is 0.339 e. The van der Waals surface area contributed by atoms with Crippen LogP contribution in [0.25, 0.3) is 0 Å². The number of hydrogen-bond acceptors (Lipinski definition) is 5. The number of carboxylic acid groups (broad SMARTS) is 1. The van der Waals surface area contributed by atoms with Gasteiger partial charge in [-0.3, -0.25) is 0 Å². The molecule has 3 rings (SSSR count). The fourth-order valence-electron chi connectivity index (χ4n) is 1.88. The van der Waals surface area contributed by atoms with Gasteiger partial charge in [0.15, 0.2) is 0 Å². The molecular weight excluding hydrogens is 337 g/mol. The molecule has 2 N–H and O–H groups in total. The van der Waals surface area contributed by atoms with Crippen molar-refractivity contribution in [3.63, 3.8) is 0 Å². The second kappa shape index (κ2) is 5.51. The van der Waals surface area contributed by atoms with Crippen LogP contribution in [-0.2, 0) is 17.9 Å². The summed E-state index contributed by atoms with van der Waals surface area (Å²) in [5.41, 5.74) is 1.73. The summed E-state index contributed by atoms with van der Waals surface area (Å²) in [6.45, 7) is 0.155. The molecule has 2 aromatic rings.